The third-order valence-corrected chi connectivity index (χ3v) is 4.12. The van der Waals surface area contributed by atoms with Gasteiger partial charge in [-0.05, 0) is 31.9 Å². The second-order valence-electron chi connectivity index (χ2n) is 4.35. The minimum atomic E-state index is -1.17. The van der Waals surface area contributed by atoms with E-state index in [1.54, 1.807) is 13.8 Å². The summed E-state index contributed by atoms with van der Waals surface area (Å²) in [7, 11) is 0. The summed E-state index contributed by atoms with van der Waals surface area (Å²) in [5.74, 6) is 0. The van der Waals surface area contributed by atoms with Crippen LogP contribution in [-0.4, -0.2) is 5.11 Å². The highest BCUT2D eigenvalue weighted by Gasteiger charge is 2.44. The normalized spacial score (nSPS) is 18.2. The van der Waals surface area contributed by atoms with Crippen LogP contribution >= 0.6 is 15.9 Å². The van der Waals surface area contributed by atoms with Gasteiger partial charge in [0, 0.05) is 4.47 Å². The Morgan fingerprint density at radius 2 is 1.94 bits per heavy atom. The lowest BCUT2D eigenvalue weighted by Gasteiger charge is -2.37. The van der Waals surface area contributed by atoms with E-state index in [9.17, 15) is 10.4 Å². The molecule has 1 rings (SSSR count). The van der Waals surface area contributed by atoms with Gasteiger partial charge in [-0.15, -0.1) is 0 Å². The van der Waals surface area contributed by atoms with Crippen molar-refractivity contribution in [3.63, 3.8) is 0 Å². The number of benzene rings is 1. The minimum absolute atomic E-state index is 0.595. The van der Waals surface area contributed by atoms with Gasteiger partial charge >= 0.3 is 0 Å². The lowest BCUT2D eigenvalue weighted by molar-refractivity contribution is -0.0385. The summed E-state index contributed by atoms with van der Waals surface area (Å²) >= 11 is 3.41. The molecule has 2 nitrogen and oxygen atoms in total. The summed E-state index contributed by atoms with van der Waals surface area (Å²) in [6.45, 7) is 5.39. The summed E-state index contributed by atoms with van der Waals surface area (Å²) in [5, 5.41) is 19.9. The number of nitriles is 1. The fraction of sp³-hybridized carbons (Fsp3) is 0.462. The predicted octanol–water partition coefficient (Wildman–Crippen LogP) is 3.60. The van der Waals surface area contributed by atoms with Gasteiger partial charge in [-0.25, -0.2) is 0 Å². The van der Waals surface area contributed by atoms with Crippen LogP contribution < -0.4 is 0 Å². The van der Waals surface area contributed by atoms with Crippen molar-refractivity contribution in [2.24, 2.45) is 5.41 Å². The quantitative estimate of drug-likeness (QED) is 0.920. The van der Waals surface area contributed by atoms with E-state index in [1.807, 2.05) is 31.2 Å². The van der Waals surface area contributed by atoms with Crippen LogP contribution in [0.4, 0.5) is 0 Å². The van der Waals surface area contributed by atoms with E-state index >= 15 is 0 Å². The lowest BCUT2D eigenvalue weighted by atomic mass is 9.70. The molecule has 2 atom stereocenters. The molecule has 0 saturated heterocycles. The smallest absolute Gasteiger partial charge is 0.106 e. The highest BCUT2D eigenvalue weighted by atomic mass is 79.9. The van der Waals surface area contributed by atoms with Gasteiger partial charge in [-0.1, -0.05) is 41.1 Å². The molecule has 16 heavy (non-hydrogen) atoms. The molecule has 0 fully saturated rings. The first-order valence-electron chi connectivity index (χ1n) is 5.27. The Balaban J connectivity index is 3.32. The lowest BCUT2D eigenvalue weighted by Crippen LogP contribution is -2.40. The summed E-state index contributed by atoms with van der Waals surface area (Å²) < 4.78 is 0.829. The third kappa shape index (κ3) is 2.00. The number of hydrogen-bond acceptors (Lipinski definition) is 2. The average Bonchev–Trinajstić information content (AvgIpc) is 2.28. The second-order valence-corrected chi connectivity index (χ2v) is 5.20. The van der Waals surface area contributed by atoms with Crippen molar-refractivity contribution in [2.45, 2.75) is 32.8 Å². The summed E-state index contributed by atoms with van der Waals surface area (Å²) in [6.07, 6.45) is 0.595. The van der Waals surface area contributed by atoms with Crippen molar-refractivity contribution in [3.8, 4) is 6.07 Å². The van der Waals surface area contributed by atoms with E-state index in [0.29, 0.717) is 6.42 Å². The maximum Gasteiger partial charge on any atom is 0.106 e. The molecule has 86 valence electrons. The number of aliphatic hydroxyl groups is 1. The Bertz CT molecular complexity index is 422. The summed E-state index contributed by atoms with van der Waals surface area (Å²) in [4.78, 5) is 0. The Morgan fingerprint density at radius 3 is 2.38 bits per heavy atom. The largest absolute Gasteiger partial charge is 0.384 e. The minimum Gasteiger partial charge on any atom is -0.384 e. The summed E-state index contributed by atoms with van der Waals surface area (Å²) in [6, 6.07) is 9.69. The third-order valence-electron chi connectivity index (χ3n) is 3.43. The van der Waals surface area contributed by atoms with Gasteiger partial charge in [0.2, 0.25) is 0 Å². The van der Waals surface area contributed by atoms with Gasteiger partial charge in [-0.2, -0.15) is 5.26 Å². The predicted molar refractivity (Wildman–Crippen MR) is 67.7 cm³/mol. The first-order chi connectivity index (χ1) is 7.39. The molecule has 0 amide bonds. The molecule has 0 aromatic heterocycles. The highest BCUT2D eigenvalue weighted by molar-refractivity contribution is 9.10. The first kappa shape index (κ1) is 13.2. The van der Waals surface area contributed by atoms with Crippen LogP contribution in [-0.2, 0) is 5.60 Å². The molecule has 0 aliphatic rings. The highest BCUT2D eigenvalue weighted by Crippen LogP contribution is 2.43. The van der Waals surface area contributed by atoms with E-state index in [-0.39, 0.29) is 0 Å². The Kier molecular flexibility index (Phi) is 3.77. The van der Waals surface area contributed by atoms with Crippen LogP contribution in [0.1, 0.15) is 32.8 Å². The maximum atomic E-state index is 10.6. The van der Waals surface area contributed by atoms with Gasteiger partial charge in [0.15, 0.2) is 0 Å². The van der Waals surface area contributed by atoms with Crippen LogP contribution in [0.2, 0.25) is 0 Å². The molecule has 0 saturated carbocycles. The fourth-order valence-corrected chi connectivity index (χ4v) is 2.36. The van der Waals surface area contributed by atoms with Crippen molar-refractivity contribution in [2.75, 3.05) is 0 Å². The SMILES string of the molecule is CCC(C)(C#N)C(C)(O)c1ccccc1Br. The molecule has 0 aliphatic heterocycles. The van der Waals surface area contributed by atoms with E-state index in [1.165, 1.54) is 0 Å². The van der Waals surface area contributed by atoms with Gasteiger partial charge in [0.25, 0.3) is 0 Å². The van der Waals surface area contributed by atoms with Gasteiger partial charge in [-0.3, -0.25) is 0 Å². The van der Waals surface area contributed by atoms with Crippen molar-refractivity contribution >= 4 is 15.9 Å². The van der Waals surface area contributed by atoms with Crippen LogP contribution in [0.5, 0.6) is 0 Å². The fourth-order valence-electron chi connectivity index (χ4n) is 1.69. The molecule has 0 radical (unpaired) electrons. The second kappa shape index (κ2) is 4.57. The monoisotopic (exact) mass is 281 g/mol. The van der Waals surface area contributed by atoms with Gasteiger partial charge < -0.3 is 5.11 Å². The number of hydrogen-bond donors (Lipinski definition) is 1. The van der Waals surface area contributed by atoms with E-state index in [0.717, 1.165) is 10.0 Å². The number of halogens is 1. The zero-order chi connectivity index (χ0) is 12.4. The van der Waals surface area contributed by atoms with Crippen molar-refractivity contribution in [1.29, 1.82) is 5.26 Å². The molecular formula is C13H16BrNO. The van der Waals surface area contributed by atoms with Crippen molar-refractivity contribution in [1.82, 2.24) is 0 Å². The van der Waals surface area contributed by atoms with E-state index < -0.39 is 11.0 Å². The molecule has 0 aliphatic carbocycles. The van der Waals surface area contributed by atoms with Crippen LogP contribution in [0, 0.1) is 16.7 Å². The molecule has 1 aromatic carbocycles. The maximum absolute atomic E-state index is 10.6. The van der Waals surface area contributed by atoms with Crippen molar-refractivity contribution in [3.05, 3.63) is 34.3 Å². The molecule has 0 heterocycles. The van der Waals surface area contributed by atoms with Gasteiger partial charge in [0.1, 0.15) is 5.60 Å². The van der Waals surface area contributed by atoms with Crippen LogP contribution in [0.25, 0.3) is 0 Å². The first-order valence-corrected chi connectivity index (χ1v) is 6.07. The molecule has 2 unspecified atom stereocenters. The zero-order valence-corrected chi connectivity index (χ0v) is 11.4. The molecule has 0 spiro atoms. The Labute approximate surface area is 105 Å². The van der Waals surface area contributed by atoms with Gasteiger partial charge in [0.05, 0.1) is 11.5 Å². The molecule has 0 bridgehead atoms. The Hall–Kier alpha value is -0.850. The number of rotatable bonds is 3. The van der Waals surface area contributed by atoms with Crippen LogP contribution in [0.3, 0.4) is 0 Å². The number of nitrogens with zero attached hydrogens (tertiary/aromatic N) is 1. The molecule has 1 aromatic rings. The molecule has 1 N–H and O–H groups in total. The van der Waals surface area contributed by atoms with Crippen LogP contribution in [0.15, 0.2) is 28.7 Å². The average molecular weight is 282 g/mol. The van der Waals surface area contributed by atoms with E-state index in [2.05, 4.69) is 22.0 Å². The topological polar surface area (TPSA) is 44.0 Å². The van der Waals surface area contributed by atoms with E-state index in [4.69, 9.17) is 0 Å². The standard InChI is InChI=1S/C13H16BrNO/c1-4-12(2,9-15)13(3,16)10-7-5-6-8-11(10)14/h5-8,16H,4H2,1-3H3. The zero-order valence-electron chi connectivity index (χ0n) is 9.79. The Morgan fingerprint density at radius 1 is 1.38 bits per heavy atom. The molecule has 3 heteroatoms. The van der Waals surface area contributed by atoms with Crippen molar-refractivity contribution < 1.29 is 5.11 Å². The molecular weight excluding hydrogens is 266 g/mol. The summed E-state index contributed by atoms with van der Waals surface area (Å²) in [5.41, 5.74) is -1.21.